The highest BCUT2D eigenvalue weighted by Gasteiger charge is 2.72. The smallest absolute Gasteiger partial charge is 0.399 e. The Hall–Kier alpha value is -2.16. The Labute approximate surface area is 120 Å². The fraction of sp³-hybridized carbons (Fsp3) is 0.231. The van der Waals surface area contributed by atoms with Crippen LogP contribution in [0.15, 0.2) is 30.3 Å². The number of alkyl halides is 6. The summed E-state index contributed by atoms with van der Waals surface area (Å²) in [7, 11) is 0. The van der Waals surface area contributed by atoms with E-state index in [0.29, 0.717) is 11.5 Å². The van der Waals surface area contributed by atoms with E-state index >= 15 is 0 Å². The molecular formula is C13H10F6N2O. The van der Waals surface area contributed by atoms with Crippen molar-refractivity contribution < 1.29 is 31.4 Å². The zero-order valence-corrected chi connectivity index (χ0v) is 10.8. The summed E-state index contributed by atoms with van der Waals surface area (Å²) < 4.78 is 77.4. The quantitative estimate of drug-likeness (QED) is 0.557. The second-order valence-electron chi connectivity index (χ2n) is 4.71. The summed E-state index contributed by atoms with van der Waals surface area (Å²) in [5.41, 5.74) is 3.64. The highest BCUT2D eigenvalue weighted by molar-refractivity contribution is 5.96. The van der Waals surface area contributed by atoms with Gasteiger partial charge in [0.25, 0.3) is 5.60 Å². The largest absolute Gasteiger partial charge is 0.430 e. The molecule has 0 aromatic heterocycles. The van der Waals surface area contributed by atoms with E-state index in [-0.39, 0.29) is 11.1 Å². The van der Waals surface area contributed by atoms with E-state index in [1.54, 1.807) is 0 Å². The van der Waals surface area contributed by atoms with Crippen molar-refractivity contribution in [3.63, 3.8) is 0 Å². The number of aliphatic hydroxyl groups is 1. The summed E-state index contributed by atoms with van der Waals surface area (Å²) in [6.45, 7) is 0. The molecule has 0 saturated carbocycles. The lowest BCUT2D eigenvalue weighted by molar-refractivity contribution is -0.375. The van der Waals surface area contributed by atoms with Crippen LogP contribution in [0.1, 0.15) is 5.56 Å². The third kappa shape index (κ3) is 2.21. The first-order chi connectivity index (χ1) is 9.89. The van der Waals surface area contributed by atoms with Crippen molar-refractivity contribution in [2.75, 3.05) is 11.5 Å². The van der Waals surface area contributed by atoms with E-state index in [1.807, 2.05) is 0 Å². The maximum absolute atomic E-state index is 12.9. The number of nitrogens with two attached hydrogens (primary N) is 2. The van der Waals surface area contributed by atoms with Gasteiger partial charge in [0, 0.05) is 22.3 Å². The molecule has 9 heteroatoms. The van der Waals surface area contributed by atoms with Crippen molar-refractivity contribution in [1.82, 2.24) is 0 Å². The van der Waals surface area contributed by atoms with Crippen molar-refractivity contribution >= 4 is 22.1 Å². The summed E-state index contributed by atoms with van der Waals surface area (Å²) in [6.07, 6.45) is -12.0. The maximum atomic E-state index is 12.9. The summed E-state index contributed by atoms with van der Waals surface area (Å²) in [5, 5.41) is 9.59. The number of hydrogen-bond donors (Lipinski definition) is 3. The molecule has 0 aliphatic rings. The lowest BCUT2D eigenvalue weighted by Crippen LogP contribution is -2.54. The van der Waals surface area contributed by atoms with Crippen LogP contribution in [0.25, 0.3) is 10.8 Å². The van der Waals surface area contributed by atoms with E-state index in [4.69, 9.17) is 11.5 Å². The van der Waals surface area contributed by atoms with Gasteiger partial charge in [0.2, 0.25) is 0 Å². The standard InChI is InChI=1S/C13H10F6N2O/c14-12(15,16)11(22,13(17,18)19)9-4-2-6-1-3-7(20)5-8(6)10(9)21/h1-5,22H,20-21H2. The molecule has 0 aliphatic heterocycles. The SMILES string of the molecule is Nc1ccc2ccc(C(O)(C(F)(F)F)C(F)(F)F)c(N)c2c1. The van der Waals surface area contributed by atoms with Gasteiger partial charge in [0.15, 0.2) is 0 Å². The number of benzene rings is 2. The molecule has 3 nitrogen and oxygen atoms in total. The lowest BCUT2D eigenvalue weighted by atomic mass is 9.88. The molecular weight excluding hydrogens is 314 g/mol. The van der Waals surface area contributed by atoms with Gasteiger partial charge in [-0.15, -0.1) is 0 Å². The minimum absolute atomic E-state index is 0.107. The summed E-state index contributed by atoms with van der Waals surface area (Å²) >= 11 is 0. The minimum Gasteiger partial charge on any atom is -0.399 e. The summed E-state index contributed by atoms with van der Waals surface area (Å²) in [4.78, 5) is 0. The minimum atomic E-state index is -5.99. The van der Waals surface area contributed by atoms with Crippen LogP contribution >= 0.6 is 0 Å². The van der Waals surface area contributed by atoms with Crippen LogP contribution < -0.4 is 11.5 Å². The van der Waals surface area contributed by atoms with Gasteiger partial charge in [-0.25, -0.2) is 0 Å². The molecule has 2 aromatic carbocycles. The molecule has 0 radical (unpaired) electrons. The molecule has 0 fully saturated rings. The topological polar surface area (TPSA) is 72.3 Å². The second kappa shape index (κ2) is 4.67. The fourth-order valence-electron chi connectivity index (χ4n) is 2.14. The lowest BCUT2D eigenvalue weighted by Gasteiger charge is -2.33. The predicted octanol–water partition coefficient (Wildman–Crippen LogP) is 3.32. The molecule has 2 aromatic rings. The van der Waals surface area contributed by atoms with Crippen molar-refractivity contribution in [3.05, 3.63) is 35.9 Å². The van der Waals surface area contributed by atoms with Gasteiger partial charge in [-0.05, 0) is 17.5 Å². The number of fused-ring (bicyclic) bond motifs is 1. The van der Waals surface area contributed by atoms with Gasteiger partial charge < -0.3 is 16.6 Å². The number of nitrogen functional groups attached to an aromatic ring is 2. The molecule has 120 valence electrons. The number of halogens is 6. The first kappa shape index (κ1) is 16.2. The van der Waals surface area contributed by atoms with Crippen LogP contribution in [-0.2, 0) is 5.60 Å². The Kier molecular flexibility index (Phi) is 3.44. The highest BCUT2D eigenvalue weighted by Crippen LogP contribution is 2.52. The highest BCUT2D eigenvalue weighted by atomic mass is 19.4. The predicted molar refractivity (Wildman–Crippen MR) is 68.8 cm³/mol. The first-order valence-electron chi connectivity index (χ1n) is 5.83. The third-order valence-electron chi connectivity index (χ3n) is 3.30. The number of rotatable bonds is 1. The van der Waals surface area contributed by atoms with Gasteiger partial charge in [-0.3, -0.25) is 0 Å². The number of hydrogen-bond acceptors (Lipinski definition) is 3. The molecule has 5 N–H and O–H groups in total. The molecule has 22 heavy (non-hydrogen) atoms. The molecule has 2 rings (SSSR count). The zero-order chi connectivity index (χ0) is 16.9. The van der Waals surface area contributed by atoms with E-state index in [1.165, 1.54) is 12.1 Å². The van der Waals surface area contributed by atoms with Crippen molar-refractivity contribution in [1.29, 1.82) is 0 Å². The van der Waals surface area contributed by atoms with Crippen LogP contribution in [0.2, 0.25) is 0 Å². The Morgan fingerprint density at radius 2 is 1.32 bits per heavy atom. The molecule has 0 atom stereocenters. The van der Waals surface area contributed by atoms with Gasteiger partial charge >= 0.3 is 12.4 Å². The summed E-state index contributed by atoms with van der Waals surface area (Å²) in [5.74, 6) is 0. The van der Waals surface area contributed by atoms with Crippen molar-refractivity contribution in [2.45, 2.75) is 18.0 Å². The van der Waals surface area contributed by atoms with Crippen LogP contribution in [0.5, 0.6) is 0 Å². The maximum Gasteiger partial charge on any atom is 0.430 e. The van der Waals surface area contributed by atoms with E-state index < -0.39 is 29.2 Å². The Morgan fingerprint density at radius 1 is 0.818 bits per heavy atom. The van der Waals surface area contributed by atoms with Crippen LogP contribution in [-0.4, -0.2) is 17.5 Å². The monoisotopic (exact) mass is 324 g/mol. The van der Waals surface area contributed by atoms with Crippen LogP contribution in [0.4, 0.5) is 37.7 Å². The average molecular weight is 324 g/mol. The number of anilines is 2. The molecule has 0 amide bonds. The van der Waals surface area contributed by atoms with Crippen LogP contribution in [0, 0.1) is 0 Å². The summed E-state index contributed by atoms with van der Waals surface area (Å²) in [6, 6.07) is 5.46. The third-order valence-corrected chi connectivity index (χ3v) is 3.30. The second-order valence-corrected chi connectivity index (χ2v) is 4.71. The molecule has 0 aliphatic carbocycles. The normalized spacial score (nSPS) is 13.6. The molecule has 0 heterocycles. The fourth-order valence-corrected chi connectivity index (χ4v) is 2.14. The Morgan fingerprint density at radius 3 is 1.82 bits per heavy atom. The molecule has 0 bridgehead atoms. The van der Waals surface area contributed by atoms with E-state index in [9.17, 15) is 31.4 Å². The van der Waals surface area contributed by atoms with E-state index in [0.717, 1.165) is 12.1 Å². The van der Waals surface area contributed by atoms with Crippen molar-refractivity contribution in [2.24, 2.45) is 0 Å². The van der Waals surface area contributed by atoms with Gasteiger partial charge in [-0.1, -0.05) is 18.2 Å². The molecule has 0 saturated heterocycles. The van der Waals surface area contributed by atoms with Crippen molar-refractivity contribution in [3.8, 4) is 0 Å². The van der Waals surface area contributed by atoms with Crippen LogP contribution in [0.3, 0.4) is 0 Å². The average Bonchev–Trinajstić information content (AvgIpc) is 2.36. The Bertz CT molecular complexity index is 709. The Balaban J connectivity index is 2.84. The van der Waals surface area contributed by atoms with Gasteiger partial charge in [-0.2, -0.15) is 26.3 Å². The van der Waals surface area contributed by atoms with E-state index in [2.05, 4.69) is 0 Å². The molecule has 0 unspecified atom stereocenters. The van der Waals surface area contributed by atoms with Gasteiger partial charge in [0.1, 0.15) is 0 Å². The molecule has 0 spiro atoms. The zero-order valence-electron chi connectivity index (χ0n) is 10.8. The van der Waals surface area contributed by atoms with Gasteiger partial charge in [0.05, 0.1) is 0 Å². The first-order valence-corrected chi connectivity index (χ1v) is 5.83.